The largest absolute Gasteiger partial charge is 0.453 e. The van der Waals surface area contributed by atoms with E-state index in [0.717, 1.165) is 18.4 Å². The zero-order valence-corrected chi connectivity index (χ0v) is 12.2. The van der Waals surface area contributed by atoms with Gasteiger partial charge in [-0.2, -0.15) is 0 Å². The molecule has 1 aromatic rings. The Labute approximate surface area is 124 Å². The van der Waals surface area contributed by atoms with Crippen LogP contribution >= 0.6 is 0 Å². The molecule has 1 atom stereocenters. The summed E-state index contributed by atoms with van der Waals surface area (Å²) in [5.41, 5.74) is 7.29. The molecule has 1 aliphatic rings. The van der Waals surface area contributed by atoms with E-state index < -0.39 is 6.09 Å². The topological polar surface area (TPSA) is 84.7 Å². The van der Waals surface area contributed by atoms with Crippen LogP contribution in [0.1, 0.15) is 22.3 Å². The normalized spacial score (nSPS) is 17.6. The Hall–Kier alpha value is -2.08. The molecule has 0 aromatic heterocycles. The molecule has 1 fully saturated rings. The van der Waals surface area contributed by atoms with Crippen LogP contribution in [0, 0.1) is 0 Å². The Morgan fingerprint density at radius 2 is 2.10 bits per heavy atom. The molecule has 1 heterocycles. The average molecular weight is 291 g/mol. The van der Waals surface area contributed by atoms with Crippen LogP contribution in [0.2, 0.25) is 0 Å². The molecule has 3 N–H and O–H groups in total. The number of nitrogens with one attached hydrogen (secondary N) is 1. The summed E-state index contributed by atoms with van der Waals surface area (Å²) in [4.78, 5) is 25.3. The number of rotatable bonds is 4. The van der Waals surface area contributed by atoms with Crippen molar-refractivity contribution in [1.29, 1.82) is 0 Å². The first-order chi connectivity index (χ1) is 10.1. The molecule has 2 rings (SSSR count). The highest BCUT2D eigenvalue weighted by molar-refractivity contribution is 5.94. The van der Waals surface area contributed by atoms with Crippen LogP contribution in [0.25, 0.3) is 0 Å². The number of nitrogens with zero attached hydrogens (tertiary/aromatic N) is 1. The third-order valence-corrected chi connectivity index (χ3v) is 3.62. The SMILES string of the molecule is COC(=O)NC1CCN(C(=O)c2ccc(CCN)cc2)C1. The number of likely N-dealkylation sites (tertiary alicyclic amines) is 1. The van der Waals surface area contributed by atoms with Crippen molar-refractivity contribution in [1.82, 2.24) is 10.2 Å². The van der Waals surface area contributed by atoms with Crippen molar-refractivity contribution in [3.8, 4) is 0 Å². The maximum Gasteiger partial charge on any atom is 0.407 e. The quantitative estimate of drug-likeness (QED) is 0.857. The fourth-order valence-corrected chi connectivity index (χ4v) is 2.45. The molecule has 6 heteroatoms. The van der Waals surface area contributed by atoms with Crippen LogP contribution in [-0.4, -0.2) is 49.7 Å². The summed E-state index contributed by atoms with van der Waals surface area (Å²) in [5.74, 6) is -0.0107. The van der Waals surface area contributed by atoms with E-state index in [1.54, 1.807) is 4.90 Å². The van der Waals surface area contributed by atoms with Crippen molar-refractivity contribution in [3.63, 3.8) is 0 Å². The molecule has 114 valence electrons. The van der Waals surface area contributed by atoms with Gasteiger partial charge in [-0.15, -0.1) is 0 Å². The minimum Gasteiger partial charge on any atom is -0.453 e. The van der Waals surface area contributed by atoms with E-state index in [0.29, 0.717) is 25.2 Å². The summed E-state index contributed by atoms with van der Waals surface area (Å²) in [6, 6.07) is 7.47. The van der Waals surface area contributed by atoms with Gasteiger partial charge in [0.2, 0.25) is 0 Å². The van der Waals surface area contributed by atoms with Crippen LogP contribution in [0.3, 0.4) is 0 Å². The molecule has 1 aliphatic heterocycles. The molecule has 1 unspecified atom stereocenters. The van der Waals surface area contributed by atoms with Crippen LogP contribution in [0.15, 0.2) is 24.3 Å². The van der Waals surface area contributed by atoms with E-state index in [2.05, 4.69) is 10.1 Å². The van der Waals surface area contributed by atoms with E-state index >= 15 is 0 Å². The Kier molecular flexibility index (Phi) is 5.16. The van der Waals surface area contributed by atoms with Gasteiger partial charge in [0.15, 0.2) is 0 Å². The minimum absolute atomic E-state index is 0.0107. The van der Waals surface area contributed by atoms with Gasteiger partial charge in [0, 0.05) is 18.7 Å². The highest BCUT2D eigenvalue weighted by Gasteiger charge is 2.28. The van der Waals surface area contributed by atoms with Gasteiger partial charge in [-0.1, -0.05) is 12.1 Å². The van der Waals surface area contributed by atoms with E-state index in [-0.39, 0.29) is 11.9 Å². The van der Waals surface area contributed by atoms with Crippen LogP contribution in [-0.2, 0) is 11.2 Å². The van der Waals surface area contributed by atoms with E-state index in [4.69, 9.17) is 5.73 Å². The van der Waals surface area contributed by atoms with Crippen molar-refractivity contribution in [2.45, 2.75) is 18.9 Å². The number of alkyl carbamates (subject to hydrolysis) is 1. The summed E-state index contributed by atoms with van der Waals surface area (Å²) in [6.07, 6.45) is 1.09. The lowest BCUT2D eigenvalue weighted by Gasteiger charge is -2.17. The third kappa shape index (κ3) is 3.95. The number of carbonyl (C=O) groups is 2. The van der Waals surface area contributed by atoms with E-state index in [1.807, 2.05) is 24.3 Å². The second-order valence-corrected chi connectivity index (χ2v) is 5.11. The molecule has 0 spiro atoms. The Morgan fingerprint density at radius 1 is 1.38 bits per heavy atom. The van der Waals surface area contributed by atoms with Crippen molar-refractivity contribution in [2.75, 3.05) is 26.7 Å². The van der Waals surface area contributed by atoms with E-state index in [9.17, 15) is 9.59 Å². The molecule has 0 bridgehead atoms. The summed E-state index contributed by atoms with van der Waals surface area (Å²) >= 11 is 0. The number of hydrogen-bond donors (Lipinski definition) is 2. The minimum atomic E-state index is -0.458. The highest BCUT2D eigenvalue weighted by atomic mass is 16.5. The van der Waals surface area contributed by atoms with Gasteiger partial charge in [-0.05, 0) is 37.1 Å². The molecule has 0 radical (unpaired) electrons. The average Bonchev–Trinajstić information content (AvgIpc) is 2.96. The molecule has 0 saturated carbocycles. The van der Waals surface area contributed by atoms with Crippen molar-refractivity contribution in [3.05, 3.63) is 35.4 Å². The predicted octanol–water partition coefficient (Wildman–Crippen LogP) is 0.758. The smallest absolute Gasteiger partial charge is 0.407 e. The summed E-state index contributed by atoms with van der Waals surface area (Å²) in [6.45, 7) is 1.75. The molecular formula is C15H21N3O3. The van der Waals surface area contributed by atoms with Gasteiger partial charge in [-0.25, -0.2) is 4.79 Å². The third-order valence-electron chi connectivity index (χ3n) is 3.62. The van der Waals surface area contributed by atoms with Gasteiger partial charge in [0.1, 0.15) is 0 Å². The van der Waals surface area contributed by atoms with Crippen LogP contribution in [0.4, 0.5) is 4.79 Å². The maximum absolute atomic E-state index is 12.4. The Bertz CT molecular complexity index is 501. The zero-order chi connectivity index (χ0) is 15.2. The number of nitrogens with two attached hydrogens (primary N) is 1. The number of methoxy groups -OCH3 is 1. The summed E-state index contributed by atoms with van der Waals surface area (Å²) in [5, 5.41) is 2.72. The molecule has 6 nitrogen and oxygen atoms in total. The lowest BCUT2D eigenvalue weighted by atomic mass is 10.1. The number of amides is 2. The van der Waals surface area contributed by atoms with Crippen molar-refractivity contribution in [2.24, 2.45) is 5.73 Å². The second kappa shape index (κ2) is 7.08. The number of benzene rings is 1. The fraction of sp³-hybridized carbons (Fsp3) is 0.467. The summed E-state index contributed by atoms with van der Waals surface area (Å²) < 4.78 is 4.56. The maximum atomic E-state index is 12.4. The fourth-order valence-electron chi connectivity index (χ4n) is 2.45. The standard InChI is InChI=1S/C15H21N3O3/c1-21-15(20)17-13-7-9-18(10-13)14(19)12-4-2-11(3-5-12)6-8-16/h2-5,13H,6-10,16H2,1H3,(H,17,20). The van der Waals surface area contributed by atoms with Gasteiger partial charge in [0.25, 0.3) is 5.91 Å². The molecule has 1 saturated heterocycles. The number of hydrogen-bond acceptors (Lipinski definition) is 4. The van der Waals surface area contributed by atoms with Gasteiger partial charge in [-0.3, -0.25) is 4.79 Å². The predicted molar refractivity (Wildman–Crippen MR) is 79.0 cm³/mol. The van der Waals surface area contributed by atoms with Crippen LogP contribution in [0.5, 0.6) is 0 Å². The van der Waals surface area contributed by atoms with Gasteiger partial charge in [0.05, 0.1) is 13.2 Å². The van der Waals surface area contributed by atoms with Gasteiger partial charge >= 0.3 is 6.09 Å². The van der Waals surface area contributed by atoms with Crippen molar-refractivity contribution < 1.29 is 14.3 Å². The first-order valence-corrected chi connectivity index (χ1v) is 7.07. The van der Waals surface area contributed by atoms with Crippen molar-refractivity contribution >= 4 is 12.0 Å². The Balaban J connectivity index is 1.93. The molecular weight excluding hydrogens is 270 g/mol. The molecule has 2 amide bonds. The lowest BCUT2D eigenvalue weighted by Crippen LogP contribution is -2.38. The summed E-state index contributed by atoms with van der Waals surface area (Å²) in [7, 11) is 1.33. The molecule has 21 heavy (non-hydrogen) atoms. The van der Waals surface area contributed by atoms with E-state index in [1.165, 1.54) is 7.11 Å². The second-order valence-electron chi connectivity index (χ2n) is 5.11. The van der Waals surface area contributed by atoms with Crippen LogP contribution < -0.4 is 11.1 Å². The Morgan fingerprint density at radius 3 is 2.71 bits per heavy atom. The first kappa shape index (κ1) is 15.3. The molecule has 1 aromatic carbocycles. The lowest BCUT2D eigenvalue weighted by molar-refractivity contribution is 0.0788. The van der Waals surface area contributed by atoms with Gasteiger partial charge < -0.3 is 20.7 Å². The monoisotopic (exact) mass is 291 g/mol. The number of ether oxygens (including phenoxy) is 1. The highest BCUT2D eigenvalue weighted by Crippen LogP contribution is 2.14. The zero-order valence-electron chi connectivity index (χ0n) is 12.2. The number of carbonyl (C=O) groups excluding carboxylic acids is 2. The first-order valence-electron chi connectivity index (χ1n) is 7.07. The molecule has 0 aliphatic carbocycles.